The molecule has 1 unspecified atom stereocenters. The molecule has 0 bridgehead atoms. The van der Waals surface area contributed by atoms with Gasteiger partial charge in [0.2, 0.25) is 0 Å². The van der Waals surface area contributed by atoms with Gasteiger partial charge in [0, 0.05) is 21.4 Å². The van der Waals surface area contributed by atoms with Crippen LogP contribution in [-0.4, -0.2) is 12.3 Å². The van der Waals surface area contributed by atoms with Crippen molar-refractivity contribution in [3.8, 4) is 0 Å². The highest BCUT2D eigenvalue weighted by Gasteiger charge is 2.13. The third-order valence-electron chi connectivity index (χ3n) is 3.29. The van der Waals surface area contributed by atoms with Crippen LogP contribution in [0.2, 0.25) is 0 Å². The van der Waals surface area contributed by atoms with Crippen molar-refractivity contribution in [1.82, 2.24) is 0 Å². The van der Waals surface area contributed by atoms with E-state index >= 15 is 0 Å². The van der Waals surface area contributed by atoms with Crippen molar-refractivity contribution in [2.24, 2.45) is 21.4 Å². The second-order valence-corrected chi connectivity index (χ2v) is 5.98. The first-order valence-electron chi connectivity index (χ1n) is 7.13. The number of nitrogens with zero attached hydrogens (tertiary/aromatic N) is 3. The van der Waals surface area contributed by atoms with Crippen molar-refractivity contribution in [2.45, 2.75) is 53.9 Å². The summed E-state index contributed by atoms with van der Waals surface area (Å²) in [6.45, 7) is 11.4. The van der Waals surface area contributed by atoms with E-state index in [4.69, 9.17) is 0 Å². The average Bonchev–Trinajstić information content (AvgIpc) is 2.81. The van der Waals surface area contributed by atoms with E-state index in [9.17, 15) is 0 Å². The van der Waals surface area contributed by atoms with Crippen molar-refractivity contribution in [3.63, 3.8) is 0 Å². The Kier molecular flexibility index (Phi) is 6.92. The van der Waals surface area contributed by atoms with Gasteiger partial charge in [-0.05, 0) is 50.0 Å². The fraction of sp³-hybridized carbons (Fsp3) is 0.667. The second-order valence-electron chi connectivity index (χ2n) is 4.76. The minimum absolute atomic E-state index is 0.421. The van der Waals surface area contributed by atoms with Crippen molar-refractivity contribution < 1.29 is 0 Å². The molecule has 1 aromatic heterocycles. The molecule has 0 saturated heterocycles. The van der Waals surface area contributed by atoms with Crippen LogP contribution in [0.15, 0.2) is 21.5 Å². The molecule has 0 fully saturated rings. The van der Waals surface area contributed by atoms with Gasteiger partial charge < -0.3 is 0 Å². The molecule has 1 atom stereocenters. The van der Waals surface area contributed by atoms with Gasteiger partial charge in [0.25, 0.3) is 0 Å². The predicted octanol–water partition coefficient (Wildman–Crippen LogP) is 4.90. The van der Waals surface area contributed by atoms with E-state index in [2.05, 4.69) is 42.3 Å². The lowest BCUT2D eigenvalue weighted by atomic mass is 9.99. The van der Waals surface area contributed by atoms with Crippen molar-refractivity contribution in [2.75, 3.05) is 6.54 Å². The normalized spacial score (nSPS) is 14.3. The molecule has 1 rings (SSSR count). The fourth-order valence-electron chi connectivity index (χ4n) is 1.86. The van der Waals surface area contributed by atoms with E-state index in [-0.39, 0.29) is 0 Å². The smallest absolute Gasteiger partial charge is 0.0592 e. The van der Waals surface area contributed by atoms with Crippen LogP contribution in [-0.2, 0) is 19.3 Å². The van der Waals surface area contributed by atoms with Gasteiger partial charge in [-0.15, -0.1) is 16.4 Å². The lowest BCUT2D eigenvalue weighted by molar-refractivity contribution is 0.757. The van der Waals surface area contributed by atoms with Gasteiger partial charge in [-0.3, -0.25) is 0 Å². The zero-order valence-electron chi connectivity index (χ0n) is 12.7. The summed E-state index contributed by atoms with van der Waals surface area (Å²) in [5.41, 5.74) is 2.56. The van der Waals surface area contributed by atoms with Crippen LogP contribution in [0.5, 0.6) is 0 Å². The van der Waals surface area contributed by atoms with Crippen molar-refractivity contribution in [3.05, 3.63) is 21.4 Å². The van der Waals surface area contributed by atoms with Crippen LogP contribution >= 0.6 is 11.3 Å². The van der Waals surface area contributed by atoms with Crippen LogP contribution in [0.25, 0.3) is 0 Å². The zero-order chi connectivity index (χ0) is 14.3. The number of hydrogen-bond donors (Lipinski definition) is 0. The van der Waals surface area contributed by atoms with Crippen LogP contribution in [0.1, 0.15) is 49.9 Å². The van der Waals surface area contributed by atoms with Gasteiger partial charge in [0.15, 0.2) is 0 Å². The molecule has 3 nitrogen and oxygen atoms in total. The second kappa shape index (κ2) is 8.20. The fourth-order valence-corrected chi connectivity index (χ4v) is 3.19. The minimum atomic E-state index is 0.421. The van der Waals surface area contributed by atoms with E-state index in [1.807, 2.05) is 25.2 Å². The zero-order valence-corrected chi connectivity index (χ0v) is 13.5. The summed E-state index contributed by atoms with van der Waals surface area (Å²) in [5.74, 6) is 0.421. The Labute approximate surface area is 120 Å². The van der Waals surface area contributed by atoms with Gasteiger partial charge in [-0.25, -0.2) is 0 Å². The Balaban J connectivity index is 2.75. The van der Waals surface area contributed by atoms with E-state index in [0.717, 1.165) is 25.0 Å². The van der Waals surface area contributed by atoms with Crippen molar-refractivity contribution in [1.29, 1.82) is 0 Å². The van der Waals surface area contributed by atoms with E-state index in [1.165, 1.54) is 15.3 Å². The molecule has 0 aliphatic carbocycles. The molecule has 0 N–H and O–H groups in total. The molecule has 0 aliphatic rings. The molecule has 1 aromatic rings. The van der Waals surface area contributed by atoms with Crippen LogP contribution in [0, 0.1) is 5.92 Å². The third kappa shape index (κ3) is 4.86. The molecular weight excluding hydrogens is 254 g/mol. The van der Waals surface area contributed by atoms with Crippen LogP contribution in [0.4, 0.5) is 0 Å². The first-order chi connectivity index (χ1) is 9.12. The molecule has 1 heterocycles. The number of hydrogen-bond acceptors (Lipinski definition) is 3. The summed E-state index contributed by atoms with van der Waals surface area (Å²) >= 11 is 1.95. The summed E-state index contributed by atoms with van der Waals surface area (Å²) in [6.07, 6.45) is 3.30. The monoisotopic (exact) mass is 279 g/mol. The van der Waals surface area contributed by atoms with E-state index < -0.39 is 0 Å². The molecule has 0 radical (unpaired) electrons. The highest BCUT2D eigenvalue weighted by atomic mass is 32.1. The maximum atomic E-state index is 4.17. The largest absolute Gasteiger partial charge is 0.169 e. The van der Waals surface area contributed by atoms with E-state index in [1.54, 1.807) is 0 Å². The Morgan fingerprint density at radius 1 is 1.26 bits per heavy atom. The lowest BCUT2D eigenvalue weighted by Gasteiger charge is -2.09. The summed E-state index contributed by atoms with van der Waals surface area (Å²) in [5, 5.41) is 11.9. The Morgan fingerprint density at radius 3 is 2.58 bits per heavy atom. The molecule has 19 heavy (non-hydrogen) atoms. The van der Waals surface area contributed by atoms with Gasteiger partial charge >= 0.3 is 0 Å². The maximum absolute atomic E-state index is 4.17. The Bertz CT molecular complexity index is 446. The Hall–Kier alpha value is -1.03. The summed E-state index contributed by atoms with van der Waals surface area (Å²) in [7, 11) is 0. The third-order valence-corrected chi connectivity index (χ3v) is 4.63. The van der Waals surface area contributed by atoms with Crippen LogP contribution < -0.4 is 0 Å². The SMILES string of the molecule is CCN=NN=C(C)C(C)Cc1sc(CC)cc1CC. The maximum Gasteiger partial charge on any atom is 0.0592 e. The van der Waals surface area contributed by atoms with Gasteiger partial charge in [0.1, 0.15) is 0 Å². The molecule has 0 spiro atoms. The van der Waals surface area contributed by atoms with E-state index in [0.29, 0.717) is 12.5 Å². The quantitative estimate of drug-likeness (QED) is 0.387. The summed E-state index contributed by atoms with van der Waals surface area (Å²) in [6, 6.07) is 2.36. The molecule has 0 amide bonds. The highest BCUT2D eigenvalue weighted by molar-refractivity contribution is 7.12. The molecular formula is C15H25N3S. The summed E-state index contributed by atoms with van der Waals surface area (Å²) in [4.78, 5) is 2.99. The number of rotatable bonds is 7. The molecule has 0 aromatic carbocycles. The lowest BCUT2D eigenvalue weighted by Crippen LogP contribution is -2.10. The first-order valence-corrected chi connectivity index (χ1v) is 7.95. The molecule has 106 valence electrons. The molecule has 0 saturated carbocycles. The topological polar surface area (TPSA) is 37.1 Å². The van der Waals surface area contributed by atoms with Crippen molar-refractivity contribution >= 4 is 17.0 Å². The van der Waals surface area contributed by atoms with Gasteiger partial charge in [-0.2, -0.15) is 5.11 Å². The first kappa shape index (κ1) is 16.0. The molecule has 4 heteroatoms. The number of aryl methyl sites for hydroxylation is 2. The average molecular weight is 279 g/mol. The molecule has 0 aliphatic heterocycles. The minimum Gasteiger partial charge on any atom is -0.169 e. The predicted molar refractivity (Wildman–Crippen MR) is 84.4 cm³/mol. The number of thiophene rings is 1. The van der Waals surface area contributed by atoms with Crippen LogP contribution in [0.3, 0.4) is 0 Å². The Morgan fingerprint density at radius 2 is 2.00 bits per heavy atom. The van der Waals surface area contributed by atoms with Gasteiger partial charge in [0.05, 0.1) is 6.54 Å². The standard InChI is InChI=1S/C15H25N3S/c1-6-13-10-14(7-2)19-15(13)9-11(4)12(5)17-18-16-8-3/h10-11H,6-9H2,1-5H3. The highest BCUT2D eigenvalue weighted by Crippen LogP contribution is 2.26. The van der Waals surface area contributed by atoms with Gasteiger partial charge in [-0.1, -0.05) is 20.8 Å². The summed E-state index contributed by atoms with van der Waals surface area (Å²) < 4.78 is 0.